The van der Waals surface area contributed by atoms with Crippen LogP contribution in [0.4, 0.5) is 0 Å². The van der Waals surface area contributed by atoms with E-state index >= 15 is 0 Å². The van der Waals surface area contributed by atoms with Crippen molar-refractivity contribution in [3.8, 4) is 0 Å². The molecule has 0 saturated heterocycles. The molecule has 3 heterocycles. The lowest BCUT2D eigenvalue weighted by atomic mass is 10.1. The fourth-order valence-electron chi connectivity index (χ4n) is 3.15. The Hall–Kier alpha value is -2.40. The highest BCUT2D eigenvalue weighted by Gasteiger charge is 2.07. The van der Waals surface area contributed by atoms with Crippen molar-refractivity contribution in [3.63, 3.8) is 0 Å². The minimum Gasteiger partial charge on any atom is -0.361 e. The molecule has 4 aromatic rings. The normalized spacial score (nSPS) is 11.5. The van der Waals surface area contributed by atoms with Crippen molar-refractivity contribution < 1.29 is 0 Å². The van der Waals surface area contributed by atoms with Crippen LogP contribution in [0.15, 0.2) is 53.0 Å². The summed E-state index contributed by atoms with van der Waals surface area (Å²) in [4.78, 5) is 9.32. The maximum absolute atomic E-state index is 4.72. The van der Waals surface area contributed by atoms with E-state index in [0.717, 1.165) is 37.1 Å². The minimum absolute atomic E-state index is 0. The fraction of sp³-hybridized carbons (Fsp3) is 0.286. The standard InChI is InChI=1S/C21H25N7S.HI/c1-15-26-27-20(28(15)2)14-25-21(24-13-17-6-5-11-29-17)22-10-9-16-12-23-19-8-4-3-7-18(16)19;/h3-8,11-12,23H,9-10,13-14H2,1-2H3,(H2,22,24,25);1H. The second-order valence-electron chi connectivity index (χ2n) is 6.86. The van der Waals surface area contributed by atoms with E-state index in [0.29, 0.717) is 6.54 Å². The number of hydrogen-bond donors (Lipinski definition) is 3. The Labute approximate surface area is 197 Å². The molecular weight excluding hydrogens is 509 g/mol. The molecule has 30 heavy (non-hydrogen) atoms. The van der Waals surface area contributed by atoms with Gasteiger partial charge in [-0.25, -0.2) is 4.99 Å². The van der Waals surface area contributed by atoms with Gasteiger partial charge in [0.25, 0.3) is 0 Å². The van der Waals surface area contributed by atoms with Crippen molar-refractivity contribution in [1.82, 2.24) is 30.4 Å². The molecule has 0 saturated carbocycles. The van der Waals surface area contributed by atoms with Crippen molar-refractivity contribution in [2.75, 3.05) is 6.54 Å². The van der Waals surface area contributed by atoms with Crippen LogP contribution < -0.4 is 10.6 Å². The highest BCUT2D eigenvalue weighted by molar-refractivity contribution is 14.0. The monoisotopic (exact) mass is 535 g/mol. The number of benzene rings is 1. The molecule has 3 aromatic heterocycles. The van der Waals surface area contributed by atoms with E-state index in [2.05, 4.69) is 67.7 Å². The lowest BCUT2D eigenvalue weighted by Crippen LogP contribution is -2.38. The van der Waals surface area contributed by atoms with Crippen LogP contribution in [0, 0.1) is 6.92 Å². The Balaban J connectivity index is 0.00000256. The largest absolute Gasteiger partial charge is 0.361 e. The Morgan fingerprint density at radius 3 is 2.80 bits per heavy atom. The molecule has 0 aliphatic rings. The first kappa shape index (κ1) is 22.3. The molecule has 0 aliphatic carbocycles. The van der Waals surface area contributed by atoms with Crippen molar-refractivity contribution in [3.05, 3.63) is 70.1 Å². The molecule has 0 bridgehead atoms. The third-order valence-corrected chi connectivity index (χ3v) is 5.81. The topological polar surface area (TPSA) is 82.9 Å². The van der Waals surface area contributed by atoms with Gasteiger partial charge >= 0.3 is 0 Å². The number of thiophene rings is 1. The Morgan fingerprint density at radius 1 is 1.17 bits per heavy atom. The summed E-state index contributed by atoms with van der Waals surface area (Å²) in [6.07, 6.45) is 3.00. The van der Waals surface area contributed by atoms with Crippen LogP contribution in [-0.4, -0.2) is 32.3 Å². The molecule has 0 unspecified atom stereocenters. The number of guanidine groups is 1. The molecule has 1 aromatic carbocycles. The number of aromatic nitrogens is 4. The first-order valence-corrected chi connectivity index (χ1v) is 10.5. The van der Waals surface area contributed by atoms with E-state index in [1.807, 2.05) is 24.6 Å². The second kappa shape index (κ2) is 10.6. The number of aliphatic imine (C=N–C) groups is 1. The SMILES string of the molecule is Cc1nnc(CN=C(NCCc2c[nH]c3ccccc23)NCc2cccs2)n1C.I. The van der Waals surface area contributed by atoms with Crippen molar-refractivity contribution in [2.24, 2.45) is 12.0 Å². The predicted octanol–water partition coefficient (Wildman–Crippen LogP) is 3.76. The quantitative estimate of drug-likeness (QED) is 0.191. The third-order valence-electron chi connectivity index (χ3n) is 4.93. The number of H-pyrrole nitrogens is 1. The zero-order valence-corrected chi connectivity index (χ0v) is 20.2. The highest BCUT2D eigenvalue weighted by atomic mass is 127. The molecule has 0 aliphatic heterocycles. The van der Waals surface area contributed by atoms with Gasteiger partial charge in [-0.1, -0.05) is 24.3 Å². The van der Waals surface area contributed by atoms with Gasteiger partial charge in [0.1, 0.15) is 12.4 Å². The van der Waals surface area contributed by atoms with Crippen LogP contribution in [0.1, 0.15) is 22.1 Å². The number of hydrogen-bond acceptors (Lipinski definition) is 4. The van der Waals surface area contributed by atoms with Crippen molar-refractivity contribution >= 4 is 52.2 Å². The summed E-state index contributed by atoms with van der Waals surface area (Å²) in [6.45, 7) is 3.95. The summed E-state index contributed by atoms with van der Waals surface area (Å²) in [7, 11) is 1.96. The van der Waals surface area contributed by atoms with Crippen LogP contribution in [-0.2, 0) is 26.6 Å². The fourth-order valence-corrected chi connectivity index (χ4v) is 3.80. The summed E-state index contributed by atoms with van der Waals surface area (Å²) in [5.74, 6) is 2.51. The highest BCUT2D eigenvalue weighted by Crippen LogP contribution is 2.17. The number of nitrogens with zero attached hydrogens (tertiary/aromatic N) is 4. The molecule has 9 heteroatoms. The molecule has 158 valence electrons. The molecule has 0 atom stereocenters. The maximum Gasteiger partial charge on any atom is 0.192 e. The number of nitrogens with one attached hydrogen (secondary N) is 3. The van der Waals surface area contributed by atoms with E-state index in [4.69, 9.17) is 4.99 Å². The number of rotatable bonds is 7. The zero-order chi connectivity index (χ0) is 20.1. The summed E-state index contributed by atoms with van der Waals surface area (Å²) in [5, 5.41) is 18.5. The lowest BCUT2D eigenvalue weighted by Gasteiger charge is -2.12. The van der Waals surface area contributed by atoms with Gasteiger partial charge in [-0.05, 0) is 36.4 Å². The van der Waals surface area contributed by atoms with E-state index in [-0.39, 0.29) is 24.0 Å². The molecule has 0 radical (unpaired) electrons. The minimum atomic E-state index is 0. The van der Waals surface area contributed by atoms with E-state index in [1.165, 1.54) is 21.3 Å². The smallest absolute Gasteiger partial charge is 0.192 e. The number of fused-ring (bicyclic) bond motifs is 1. The van der Waals surface area contributed by atoms with Gasteiger partial charge < -0.3 is 20.2 Å². The first-order valence-electron chi connectivity index (χ1n) is 9.65. The van der Waals surface area contributed by atoms with Crippen LogP contribution in [0.3, 0.4) is 0 Å². The van der Waals surface area contributed by atoms with E-state index in [9.17, 15) is 0 Å². The van der Waals surface area contributed by atoms with Gasteiger partial charge in [0.2, 0.25) is 0 Å². The predicted molar refractivity (Wildman–Crippen MR) is 133 cm³/mol. The molecule has 0 spiro atoms. The molecule has 3 N–H and O–H groups in total. The Morgan fingerprint density at radius 2 is 2.03 bits per heavy atom. The summed E-state index contributed by atoms with van der Waals surface area (Å²) >= 11 is 1.73. The summed E-state index contributed by atoms with van der Waals surface area (Å²) in [5.41, 5.74) is 2.47. The van der Waals surface area contributed by atoms with Crippen LogP contribution in [0.2, 0.25) is 0 Å². The van der Waals surface area contributed by atoms with E-state index in [1.54, 1.807) is 11.3 Å². The average Bonchev–Trinajstić information content (AvgIpc) is 3.47. The molecular formula is C21H26IN7S. The Bertz CT molecular complexity index is 1100. The average molecular weight is 535 g/mol. The number of para-hydroxylation sites is 1. The van der Waals surface area contributed by atoms with Gasteiger partial charge in [0.05, 0.1) is 6.54 Å². The first-order chi connectivity index (χ1) is 14.2. The van der Waals surface area contributed by atoms with Crippen LogP contribution in [0.25, 0.3) is 10.9 Å². The number of aromatic amines is 1. The van der Waals surface area contributed by atoms with Crippen LogP contribution >= 0.6 is 35.3 Å². The lowest BCUT2D eigenvalue weighted by molar-refractivity contribution is 0.750. The van der Waals surface area contributed by atoms with Crippen LogP contribution in [0.5, 0.6) is 0 Å². The van der Waals surface area contributed by atoms with Crippen molar-refractivity contribution in [1.29, 1.82) is 0 Å². The second-order valence-corrected chi connectivity index (χ2v) is 7.89. The summed E-state index contributed by atoms with van der Waals surface area (Å²) in [6, 6.07) is 12.6. The third kappa shape index (κ3) is 5.39. The van der Waals surface area contributed by atoms with Gasteiger partial charge in [-0.15, -0.1) is 45.5 Å². The maximum atomic E-state index is 4.72. The van der Waals surface area contributed by atoms with E-state index < -0.39 is 0 Å². The van der Waals surface area contributed by atoms with Gasteiger partial charge in [0, 0.05) is 35.6 Å². The zero-order valence-electron chi connectivity index (χ0n) is 17.1. The molecule has 0 amide bonds. The molecule has 7 nitrogen and oxygen atoms in total. The number of aryl methyl sites for hydroxylation is 1. The Kier molecular flexibility index (Phi) is 7.86. The number of halogens is 1. The van der Waals surface area contributed by atoms with Gasteiger partial charge in [-0.2, -0.15) is 0 Å². The molecule has 0 fully saturated rings. The van der Waals surface area contributed by atoms with Gasteiger partial charge in [-0.3, -0.25) is 0 Å². The molecule has 4 rings (SSSR count). The summed E-state index contributed by atoms with van der Waals surface area (Å²) < 4.78 is 1.96. The van der Waals surface area contributed by atoms with Gasteiger partial charge in [0.15, 0.2) is 11.8 Å². The van der Waals surface area contributed by atoms with Crippen molar-refractivity contribution in [2.45, 2.75) is 26.4 Å².